The van der Waals surface area contributed by atoms with Crippen LogP contribution in [0.15, 0.2) is 0 Å². The Kier molecular flexibility index (Phi) is 3.66. The van der Waals surface area contributed by atoms with Crippen LogP contribution in [0.5, 0.6) is 0 Å². The molecule has 2 rings (SSSR count). The molecule has 1 aliphatic heterocycles. The Balaban J connectivity index is 1.77. The normalized spacial score (nSPS) is 31.6. The number of hydrogen-bond acceptors (Lipinski definition) is 3. The number of nitrogens with zero attached hydrogens (tertiary/aromatic N) is 1. The minimum atomic E-state index is -0.839. The molecule has 0 aromatic heterocycles. The van der Waals surface area contributed by atoms with Crippen LogP contribution in [-0.2, 0) is 14.3 Å². The van der Waals surface area contributed by atoms with E-state index in [9.17, 15) is 9.59 Å². The first-order valence-corrected chi connectivity index (χ1v) is 6.22. The lowest BCUT2D eigenvalue weighted by Gasteiger charge is -2.16. The first kappa shape index (κ1) is 12.4. The van der Waals surface area contributed by atoms with Crippen molar-refractivity contribution in [1.29, 1.82) is 0 Å². The van der Waals surface area contributed by atoms with E-state index < -0.39 is 11.9 Å². The molecule has 5 heteroatoms. The molecular weight excluding hydrogens is 222 g/mol. The van der Waals surface area contributed by atoms with E-state index in [4.69, 9.17) is 9.84 Å². The van der Waals surface area contributed by atoms with Gasteiger partial charge in [0.05, 0.1) is 18.4 Å². The van der Waals surface area contributed by atoms with Gasteiger partial charge >= 0.3 is 5.97 Å². The monoisotopic (exact) mass is 241 g/mol. The summed E-state index contributed by atoms with van der Waals surface area (Å²) in [6.45, 7) is 4.84. The maximum absolute atomic E-state index is 12.0. The van der Waals surface area contributed by atoms with Gasteiger partial charge in [-0.25, -0.2) is 0 Å². The van der Waals surface area contributed by atoms with E-state index in [0.717, 1.165) is 19.5 Å². The summed E-state index contributed by atoms with van der Waals surface area (Å²) in [5.74, 6) is -1.10. The average Bonchev–Trinajstić information content (AvgIpc) is 2.98. The number of carboxylic acids is 1. The summed E-state index contributed by atoms with van der Waals surface area (Å²) in [4.78, 5) is 24.5. The largest absolute Gasteiger partial charge is 0.481 e. The first-order valence-electron chi connectivity index (χ1n) is 6.22. The molecule has 0 bridgehead atoms. The zero-order valence-corrected chi connectivity index (χ0v) is 10.1. The van der Waals surface area contributed by atoms with Gasteiger partial charge in [-0.05, 0) is 19.8 Å². The van der Waals surface area contributed by atoms with E-state index in [0.29, 0.717) is 25.6 Å². The Hall–Kier alpha value is -1.10. The van der Waals surface area contributed by atoms with Crippen molar-refractivity contribution in [3.05, 3.63) is 0 Å². The minimum absolute atomic E-state index is 0.0244. The third-order valence-corrected chi connectivity index (χ3v) is 3.58. The van der Waals surface area contributed by atoms with Gasteiger partial charge in [-0.15, -0.1) is 0 Å². The van der Waals surface area contributed by atoms with Crippen LogP contribution < -0.4 is 0 Å². The van der Waals surface area contributed by atoms with E-state index >= 15 is 0 Å². The van der Waals surface area contributed by atoms with Crippen molar-refractivity contribution < 1.29 is 19.4 Å². The summed E-state index contributed by atoms with van der Waals surface area (Å²) < 4.78 is 5.35. The second-order valence-corrected chi connectivity index (χ2v) is 4.89. The van der Waals surface area contributed by atoms with E-state index in [1.54, 1.807) is 4.90 Å². The fraction of sp³-hybridized carbons (Fsp3) is 0.833. The lowest BCUT2D eigenvalue weighted by molar-refractivity contribution is -0.141. The van der Waals surface area contributed by atoms with E-state index in [1.165, 1.54) is 0 Å². The lowest BCUT2D eigenvalue weighted by atomic mass is 10.1. The van der Waals surface area contributed by atoms with E-state index in [1.807, 2.05) is 6.92 Å². The Morgan fingerprint density at radius 3 is 2.76 bits per heavy atom. The summed E-state index contributed by atoms with van der Waals surface area (Å²) in [5.41, 5.74) is 0. The van der Waals surface area contributed by atoms with Crippen LogP contribution in [0.25, 0.3) is 0 Å². The molecule has 1 saturated heterocycles. The maximum Gasteiger partial charge on any atom is 0.307 e. The molecule has 0 radical (unpaired) electrons. The number of carboxylic acid groups (broad SMARTS) is 1. The highest BCUT2D eigenvalue weighted by atomic mass is 16.5. The molecule has 17 heavy (non-hydrogen) atoms. The summed E-state index contributed by atoms with van der Waals surface area (Å²) in [7, 11) is 0. The molecule has 1 saturated carbocycles. The fourth-order valence-electron chi connectivity index (χ4n) is 2.43. The zero-order valence-electron chi connectivity index (χ0n) is 10.1. The summed E-state index contributed by atoms with van der Waals surface area (Å²) >= 11 is 0. The molecule has 1 aliphatic carbocycles. The van der Waals surface area contributed by atoms with Crippen LogP contribution in [0.4, 0.5) is 0 Å². The molecule has 0 aromatic rings. The number of carbonyl (C=O) groups is 2. The number of ether oxygens (including phenoxy) is 1. The van der Waals surface area contributed by atoms with Crippen molar-refractivity contribution >= 4 is 11.9 Å². The molecule has 0 spiro atoms. The highest BCUT2D eigenvalue weighted by molar-refractivity contribution is 5.89. The van der Waals surface area contributed by atoms with Crippen LogP contribution in [0.1, 0.15) is 19.8 Å². The van der Waals surface area contributed by atoms with Gasteiger partial charge in [0, 0.05) is 25.6 Å². The minimum Gasteiger partial charge on any atom is -0.481 e. The van der Waals surface area contributed by atoms with Crippen molar-refractivity contribution in [2.45, 2.75) is 19.8 Å². The van der Waals surface area contributed by atoms with Crippen LogP contribution in [0.3, 0.4) is 0 Å². The Labute approximate surface area is 101 Å². The van der Waals surface area contributed by atoms with Crippen LogP contribution in [0.2, 0.25) is 0 Å². The van der Waals surface area contributed by atoms with Crippen LogP contribution in [0, 0.1) is 17.8 Å². The van der Waals surface area contributed by atoms with Crippen molar-refractivity contribution in [1.82, 2.24) is 4.90 Å². The summed E-state index contributed by atoms with van der Waals surface area (Å²) in [6.07, 6.45) is 1.48. The smallest absolute Gasteiger partial charge is 0.307 e. The Morgan fingerprint density at radius 1 is 1.41 bits per heavy atom. The zero-order chi connectivity index (χ0) is 12.4. The van der Waals surface area contributed by atoms with Crippen molar-refractivity contribution in [3.8, 4) is 0 Å². The standard InChI is InChI=1S/C12H19NO4/c1-2-17-7-8-3-4-13(6-8)11(14)9-5-10(9)12(15)16/h8-10H,2-7H2,1H3,(H,15,16)/t8-,9-,10-/m1/s1. The number of likely N-dealkylation sites (tertiary alicyclic amines) is 1. The highest BCUT2D eigenvalue weighted by Gasteiger charge is 2.50. The SMILES string of the molecule is CCOC[C@@H]1CCN(C(=O)[C@@H]2C[C@H]2C(=O)O)C1. The van der Waals surface area contributed by atoms with E-state index in [2.05, 4.69) is 0 Å². The van der Waals surface area contributed by atoms with Crippen molar-refractivity contribution in [2.75, 3.05) is 26.3 Å². The topological polar surface area (TPSA) is 66.8 Å². The average molecular weight is 241 g/mol. The van der Waals surface area contributed by atoms with Gasteiger partial charge in [0.1, 0.15) is 0 Å². The van der Waals surface area contributed by atoms with Gasteiger partial charge in [-0.1, -0.05) is 0 Å². The van der Waals surface area contributed by atoms with E-state index in [-0.39, 0.29) is 11.8 Å². The van der Waals surface area contributed by atoms with Crippen LogP contribution >= 0.6 is 0 Å². The van der Waals surface area contributed by atoms with Gasteiger partial charge in [-0.3, -0.25) is 9.59 Å². The number of aliphatic carboxylic acids is 1. The Bertz CT molecular complexity index is 318. The van der Waals surface area contributed by atoms with Gasteiger partial charge in [0.2, 0.25) is 5.91 Å². The molecule has 5 nitrogen and oxygen atoms in total. The van der Waals surface area contributed by atoms with Crippen molar-refractivity contribution in [2.24, 2.45) is 17.8 Å². The van der Waals surface area contributed by atoms with Crippen LogP contribution in [-0.4, -0.2) is 48.2 Å². The number of carbonyl (C=O) groups excluding carboxylic acids is 1. The molecule has 1 heterocycles. The molecule has 96 valence electrons. The fourth-order valence-corrected chi connectivity index (χ4v) is 2.43. The number of rotatable bonds is 5. The summed E-state index contributed by atoms with van der Waals surface area (Å²) in [5, 5.41) is 8.79. The predicted molar refractivity (Wildman–Crippen MR) is 60.4 cm³/mol. The molecule has 0 aromatic carbocycles. The Morgan fingerprint density at radius 2 is 2.18 bits per heavy atom. The van der Waals surface area contributed by atoms with Gasteiger partial charge in [0.25, 0.3) is 0 Å². The molecule has 1 N–H and O–H groups in total. The lowest BCUT2D eigenvalue weighted by Crippen LogP contribution is -2.31. The molecule has 0 unspecified atom stereocenters. The second-order valence-electron chi connectivity index (χ2n) is 4.89. The van der Waals surface area contributed by atoms with Gasteiger partial charge < -0.3 is 14.7 Å². The van der Waals surface area contributed by atoms with Gasteiger partial charge in [0.15, 0.2) is 0 Å². The van der Waals surface area contributed by atoms with Crippen molar-refractivity contribution in [3.63, 3.8) is 0 Å². The summed E-state index contributed by atoms with van der Waals surface area (Å²) in [6, 6.07) is 0. The van der Waals surface area contributed by atoms with Gasteiger partial charge in [-0.2, -0.15) is 0 Å². The number of hydrogen-bond donors (Lipinski definition) is 1. The third-order valence-electron chi connectivity index (χ3n) is 3.58. The molecule has 2 aliphatic rings. The second kappa shape index (κ2) is 5.04. The molecule has 2 fully saturated rings. The predicted octanol–water partition coefficient (Wildman–Crippen LogP) is 0.592. The third kappa shape index (κ3) is 2.77. The quantitative estimate of drug-likeness (QED) is 0.765. The number of amides is 1. The maximum atomic E-state index is 12.0. The molecule has 3 atom stereocenters. The molecule has 1 amide bonds. The first-order chi connectivity index (χ1) is 8.13. The molecular formula is C12H19NO4. The highest BCUT2D eigenvalue weighted by Crippen LogP contribution is 2.40.